The third-order valence-corrected chi connectivity index (χ3v) is 5.38. The van der Waals surface area contributed by atoms with Crippen LogP contribution in [0.3, 0.4) is 0 Å². The number of benzene rings is 1. The molecule has 1 N–H and O–H groups in total. The number of rotatable bonds is 4. The second-order valence-electron chi connectivity index (χ2n) is 8.03. The number of aliphatic hydroxyl groups excluding tert-OH is 1. The van der Waals surface area contributed by atoms with Crippen molar-refractivity contribution in [3.05, 3.63) is 34.9 Å². The van der Waals surface area contributed by atoms with Crippen molar-refractivity contribution < 1.29 is 9.90 Å². The van der Waals surface area contributed by atoms with Crippen LogP contribution >= 0.6 is 0 Å². The standard InChI is InChI=1S/C21H29NO2/c1-21(2)13-17-10-9-15(14-23)11-18(17)19(22-21)12-20(24)16-7-5-3-4-6-8-16/h9-11,16,23H,3-8,12-14H2,1-2H3. The molecular formula is C21H29NO2. The average molecular weight is 327 g/mol. The van der Waals surface area contributed by atoms with Crippen LogP contribution in [-0.2, 0) is 17.8 Å². The molecule has 3 rings (SSSR count). The Kier molecular flexibility index (Phi) is 5.19. The van der Waals surface area contributed by atoms with Crippen LogP contribution in [0.1, 0.15) is 75.5 Å². The van der Waals surface area contributed by atoms with E-state index in [9.17, 15) is 9.90 Å². The van der Waals surface area contributed by atoms with Gasteiger partial charge in [0, 0.05) is 12.3 Å². The van der Waals surface area contributed by atoms with E-state index in [4.69, 9.17) is 4.99 Å². The summed E-state index contributed by atoms with van der Waals surface area (Å²) < 4.78 is 0. The zero-order chi connectivity index (χ0) is 17.2. The molecule has 0 aromatic heterocycles. The third kappa shape index (κ3) is 3.94. The van der Waals surface area contributed by atoms with Crippen molar-refractivity contribution in [1.82, 2.24) is 0 Å². The molecular weight excluding hydrogens is 298 g/mol. The molecule has 1 aromatic rings. The number of Topliss-reactive ketones (excluding diaryl/α,β-unsaturated/α-hetero) is 1. The lowest BCUT2D eigenvalue weighted by molar-refractivity contribution is -0.122. The van der Waals surface area contributed by atoms with E-state index in [-0.39, 0.29) is 18.1 Å². The number of hydrogen-bond donors (Lipinski definition) is 1. The van der Waals surface area contributed by atoms with E-state index in [1.807, 2.05) is 12.1 Å². The summed E-state index contributed by atoms with van der Waals surface area (Å²) >= 11 is 0. The van der Waals surface area contributed by atoms with Crippen LogP contribution in [-0.4, -0.2) is 22.1 Å². The minimum Gasteiger partial charge on any atom is -0.392 e. The van der Waals surface area contributed by atoms with Gasteiger partial charge in [0.2, 0.25) is 0 Å². The van der Waals surface area contributed by atoms with Crippen molar-refractivity contribution in [2.75, 3.05) is 0 Å². The van der Waals surface area contributed by atoms with Gasteiger partial charge in [0.1, 0.15) is 5.78 Å². The Morgan fingerprint density at radius 2 is 1.92 bits per heavy atom. The lowest BCUT2D eigenvalue weighted by Crippen LogP contribution is -2.31. The number of ketones is 1. The van der Waals surface area contributed by atoms with Crippen molar-refractivity contribution >= 4 is 11.5 Å². The zero-order valence-electron chi connectivity index (χ0n) is 15.0. The molecule has 0 amide bonds. The van der Waals surface area contributed by atoms with Gasteiger partial charge in [-0.25, -0.2) is 0 Å². The summed E-state index contributed by atoms with van der Waals surface area (Å²) in [5.74, 6) is 0.568. The van der Waals surface area contributed by atoms with E-state index in [2.05, 4.69) is 19.9 Å². The molecule has 0 bridgehead atoms. The number of aliphatic imine (C=N–C) groups is 1. The van der Waals surface area contributed by atoms with Crippen molar-refractivity contribution in [2.45, 2.75) is 77.4 Å². The molecule has 1 aliphatic heterocycles. The van der Waals surface area contributed by atoms with E-state index in [1.165, 1.54) is 31.2 Å². The maximum atomic E-state index is 12.9. The highest BCUT2D eigenvalue weighted by atomic mass is 16.3. The highest BCUT2D eigenvalue weighted by molar-refractivity contribution is 6.13. The number of carbonyl (C=O) groups is 1. The largest absolute Gasteiger partial charge is 0.392 e. The van der Waals surface area contributed by atoms with Crippen LogP contribution in [0.15, 0.2) is 23.2 Å². The van der Waals surface area contributed by atoms with Gasteiger partial charge >= 0.3 is 0 Å². The monoisotopic (exact) mass is 327 g/mol. The molecule has 1 fully saturated rings. The third-order valence-electron chi connectivity index (χ3n) is 5.38. The molecule has 3 nitrogen and oxygen atoms in total. The maximum absolute atomic E-state index is 12.9. The molecule has 3 heteroatoms. The number of hydrogen-bond acceptors (Lipinski definition) is 3. The van der Waals surface area contributed by atoms with Crippen molar-refractivity contribution in [1.29, 1.82) is 0 Å². The molecule has 130 valence electrons. The summed E-state index contributed by atoms with van der Waals surface area (Å²) in [6.45, 7) is 4.29. The van der Waals surface area contributed by atoms with Crippen molar-refractivity contribution in [2.24, 2.45) is 10.9 Å². The Balaban J connectivity index is 1.85. The predicted molar refractivity (Wildman–Crippen MR) is 97.5 cm³/mol. The van der Waals surface area contributed by atoms with Gasteiger partial charge in [-0.3, -0.25) is 9.79 Å². The van der Waals surface area contributed by atoms with Gasteiger partial charge in [0.05, 0.1) is 17.9 Å². The maximum Gasteiger partial charge on any atom is 0.141 e. The first-order valence-corrected chi connectivity index (χ1v) is 9.33. The molecule has 0 radical (unpaired) electrons. The van der Waals surface area contributed by atoms with Gasteiger partial charge in [0.25, 0.3) is 0 Å². The minimum atomic E-state index is -0.160. The Labute approximate surface area is 145 Å². The summed E-state index contributed by atoms with van der Waals surface area (Å²) in [6, 6.07) is 6.09. The number of aliphatic hydroxyl groups is 1. The molecule has 0 spiro atoms. The van der Waals surface area contributed by atoms with Crippen molar-refractivity contribution in [3.8, 4) is 0 Å². The Morgan fingerprint density at radius 3 is 2.58 bits per heavy atom. The quantitative estimate of drug-likeness (QED) is 0.841. The van der Waals surface area contributed by atoms with Crippen LogP contribution in [0.4, 0.5) is 0 Å². The summed E-state index contributed by atoms with van der Waals surface area (Å²) in [5, 5.41) is 9.44. The lowest BCUT2D eigenvalue weighted by Gasteiger charge is -2.29. The second kappa shape index (κ2) is 7.18. The average Bonchev–Trinajstić information content (AvgIpc) is 2.83. The Morgan fingerprint density at radius 1 is 1.21 bits per heavy atom. The SMILES string of the molecule is CC1(C)Cc2ccc(CO)cc2C(CC(=O)C2CCCCCC2)=N1. The highest BCUT2D eigenvalue weighted by Crippen LogP contribution is 2.31. The van der Waals surface area contributed by atoms with Crippen LogP contribution in [0.2, 0.25) is 0 Å². The number of fused-ring (bicyclic) bond motifs is 1. The molecule has 2 aliphatic rings. The topological polar surface area (TPSA) is 49.7 Å². The van der Waals surface area contributed by atoms with Gasteiger partial charge in [-0.05, 0) is 55.9 Å². The molecule has 1 heterocycles. The summed E-state index contributed by atoms with van der Waals surface area (Å²) in [6.07, 6.45) is 8.30. The first-order valence-electron chi connectivity index (χ1n) is 9.33. The fraction of sp³-hybridized carbons (Fsp3) is 0.619. The van der Waals surface area contributed by atoms with E-state index in [1.54, 1.807) is 0 Å². The zero-order valence-corrected chi connectivity index (χ0v) is 15.0. The van der Waals surface area contributed by atoms with Gasteiger partial charge in [-0.15, -0.1) is 0 Å². The molecule has 0 saturated heterocycles. The molecule has 1 saturated carbocycles. The van der Waals surface area contributed by atoms with Gasteiger partial charge in [-0.2, -0.15) is 0 Å². The minimum absolute atomic E-state index is 0.0283. The number of nitrogens with zero attached hydrogens (tertiary/aromatic N) is 1. The van der Waals surface area contributed by atoms with Crippen LogP contribution in [0.25, 0.3) is 0 Å². The fourth-order valence-electron chi connectivity index (χ4n) is 4.12. The van der Waals surface area contributed by atoms with Gasteiger partial charge in [0.15, 0.2) is 0 Å². The van der Waals surface area contributed by atoms with Crippen LogP contribution < -0.4 is 0 Å². The Hall–Kier alpha value is -1.48. The van der Waals surface area contributed by atoms with Crippen molar-refractivity contribution in [3.63, 3.8) is 0 Å². The number of carbonyl (C=O) groups excluding carboxylic acids is 1. The first-order chi connectivity index (χ1) is 11.5. The van der Waals surface area contributed by atoms with Gasteiger partial charge in [-0.1, -0.05) is 37.8 Å². The molecule has 1 aliphatic carbocycles. The Bertz CT molecular complexity index is 637. The van der Waals surface area contributed by atoms with E-state index >= 15 is 0 Å². The summed E-state index contributed by atoms with van der Waals surface area (Å²) in [4.78, 5) is 17.8. The fourth-order valence-corrected chi connectivity index (χ4v) is 4.12. The predicted octanol–water partition coefficient (Wildman–Crippen LogP) is 4.23. The summed E-state index contributed by atoms with van der Waals surface area (Å²) in [5.41, 5.74) is 3.97. The van der Waals surface area contributed by atoms with E-state index in [0.29, 0.717) is 12.2 Å². The molecule has 0 atom stereocenters. The van der Waals surface area contributed by atoms with Crippen LogP contribution in [0, 0.1) is 5.92 Å². The second-order valence-corrected chi connectivity index (χ2v) is 8.03. The first kappa shape index (κ1) is 17.3. The molecule has 1 aromatic carbocycles. The van der Waals surface area contributed by atoms with Gasteiger partial charge < -0.3 is 5.11 Å². The molecule has 24 heavy (non-hydrogen) atoms. The summed E-state index contributed by atoms with van der Waals surface area (Å²) in [7, 11) is 0. The molecule has 0 unspecified atom stereocenters. The van der Waals surface area contributed by atoms with Crippen LogP contribution in [0.5, 0.6) is 0 Å². The highest BCUT2D eigenvalue weighted by Gasteiger charge is 2.29. The normalized spacial score (nSPS) is 20.9. The lowest BCUT2D eigenvalue weighted by atomic mass is 9.83. The van der Waals surface area contributed by atoms with E-state index < -0.39 is 0 Å². The smallest absolute Gasteiger partial charge is 0.141 e. The van der Waals surface area contributed by atoms with E-state index in [0.717, 1.165) is 36.1 Å².